The monoisotopic (exact) mass is 318 g/mol. The highest BCUT2D eigenvalue weighted by Crippen LogP contribution is 2.26. The van der Waals surface area contributed by atoms with Gasteiger partial charge in [-0.3, -0.25) is 4.79 Å². The summed E-state index contributed by atoms with van der Waals surface area (Å²) < 4.78 is 0.878. The number of nitrogens with one attached hydrogen (secondary N) is 1. The number of nitrogens with two attached hydrogens (primary N) is 1. The van der Waals surface area contributed by atoms with Crippen LogP contribution in [0.2, 0.25) is 0 Å². The summed E-state index contributed by atoms with van der Waals surface area (Å²) >= 11 is 3.46. The number of amides is 1. The molecule has 0 aliphatic heterocycles. The van der Waals surface area contributed by atoms with Crippen LogP contribution in [0.4, 0.5) is 5.69 Å². The molecule has 0 radical (unpaired) electrons. The maximum Gasteiger partial charge on any atom is 0.245 e. The Balaban J connectivity index is 2.15. The SMILES string of the molecule is Cc1cccc(NC(=O)[C@@H](N)c2ccccc2)c1Br. The lowest BCUT2D eigenvalue weighted by Gasteiger charge is -2.14. The first-order valence-electron chi connectivity index (χ1n) is 5.96. The molecule has 0 aliphatic carbocycles. The summed E-state index contributed by atoms with van der Waals surface area (Å²) in [6.45, 7) is 1.97. The van der Waals surface area contributed by atoms with Gasteiger partial charge in [-0.25, -0.2) is 0 Å². The Morgan fingerprint density at radius 3 is 2.53 bits per heavy atom. The van der Waals surface area contributed by atoms with E-state index >= 15 is 0 Å². The summed E-state index contributed by atoms with van der Waals surface area (Å²) in [5.74, 6) is -0.225. The van der Waals surface area contributed by atoms with Crippen molar-refractivity contribution in [1.29, 1.82) is 0 Å². The smallest absolute Gasteiger partial charge is 0.245 e. The van der Waals surface area contributed by atoms with E-state index in [0.717, 1.165) is 21.3 Å². The zero-order valence-corrected chi connectivity index (χ0v) is 12.1. The summed E-state index contributed by atoms with van der Waals surface area (Å²) in [7, 11) is 0. The molecule has 3 nitrogen and oxygen atoms in total. The Labute approximate surface area is 121 Å². The van der Waals surface area contributed by atoms with E-state index in [0.29, 0.717) is 0 Å². The van der Waals surface area contributed by atoms with Crippen molar-refractivity contribution in [2.24, 2.45) is 5.73 Å². The first kappa shape index (κ1) is 13.8. The van der Waals surface area contributed by atoms with Crippen molar-refractivity contribution in [2.45, 2.75) is 13.0 Å². The lowest BCUT2D eigenvalue weighted by molar-refractivity contribution is -0.117. The van der Waals surface area contributed by atoms with Crippen molar-refractivity contribution < 1.29 is 4.79 Å². The topological polar surface area (TPSA) is 55.1 Å². The van der Waals surface area contributed by atoms with Gasteiger partial charge < -0.3 is 11.1 Å². The molecule has 2 aromatic rings. The molecule has 0 saturated heterocycles. The molecule has 4 heteroatoms. The fourth-order valence-electron chi connectivity index (χ4n) is 1.77. The molecule has 2 aromatic carbocycles. The van der Waals surface area contributed by atoms with Crippen LogP contribution in [0.25, 0.3) is 0 Å². The lowest BCUT2D eigenvalue weighted by atomic mass is 10.1. The Kier molecular flexibility index (Phi) is 4.35. The highest BCUT2D eigenvalue weighted by atomic mass is 79.9. The van der Waals surface area contributed by atoms with E-state index < -0.39 is 6.04 Å². The highest BCUT2D eigenvalue weighted by Gasteiger charge is 2.16. The molecule has 0 fully saturated rings. The molecule has 3 N–H and O–H groups in total. The van der Waals surface area contributed by atoms with E-state index in [1.165, 1.54) is 0 Å². The van der Waals surface area contributed by atoms with Gasteiger partial charge in [-0.15, -0.1) is 0 Å². The second-order valence-corrected chi connectivity index (χ2v) is 5.11. The van der Waals surface area contributed by atoms with Gasteiger partial charge in [0.15, 0.2) is 0 Å². The van der Waals surface area contributed by atoms with Crippen LogP contribution < -0.4 is 11.1 Å². The zero-order valence-electron chi connectivity index (χ0n) is 10.6. The minimum Gasteiger partial charge on any atom is -0.323 e. The van der Waals surface area contributed by atoms with Gasteiger partial charge >= 0.3 is 0 Å². The highest BCUT2D eigenvalue weighted by molar-refractivity contribution is 9.10. The third kappa shape index (κ3) is 3.22. The van der Waals surface area contributed by atoms with E-state index in [4.69, 9.17) is 5.73 Å². The Morgan fingerprint density at radius 1 is 1.16 bits per heavy atom. The molecular formula is C15H15BrN2O. The summed E-state index contributed by atoms with van der Waals surface area (Å²) in [4.78, 5) is 12.1. The normalized spacial score (nSPS) is 11.9. The number of rotatable bonds is 3. The van der Waals surface area contributed by atoms with Crippen molar-refractivity contribution in [1.82, 2.24) is 0 Å². The number of halogens is 1. The van der Waals surface area contributed by atoms with Crippen molar-refractivity contribution >= 4 is 27.5 Å². The molecule has 0 heterocycles. The predicted octanol–water partition coefficient (Wildman–Crippen LogP) is 3.40. The van der Waals surface area contributed by atoms with Crippen LogP contribution >= 0.6 is 15.9 Å². The number of hydrogen-bond acceptors (Lipinski definition) is 2. The average molecular weight is 319 g/mol. The first-order valence-corrected chi connectivity index (χ1v) is 6.75. The molecule has 0 aromatic heterocycles. The maximum absolute atomic E-state index is 12.1. The van der Waals surface area contributed by atoms with Crippen LogP contribution in [-0.4, -0.2) is 5.91 Å². The molecule has 0 aliphatic rings. The third-order valence-electron chi connectivity index (χ3n) is 2.89. The van der Waals surface area contributed by atoms with Crippen LogP contribution in [0.15, 0.2) is 53.0 Å². The van der Waals surface area contributed by atoms with Crippen molar-refractivity contribution in [2.75, 3.05) is 5.32 Å². The minimum absolute atomic E-state index is 0.225. The fourth-order valence-corrected chi connectivity index (χ4v) is 2.13. The number of hydrogen-bond donors (Lipinski definition) is 2. The van der Waals surface area contributed by atoms with Gasteiger partial charge in [-0.05, 0) is 40.0 Å². The standard InChI is InChI=1S/C15H15BrN2O/c1-10-6-5-9-12(13(10)16)18-15(19)14(17)11-7-3-2-4-8-11/h2-9,14H,17H2,1H3,(H,18,19)/t14-/m0/s1. The summed E-state index contributed by atoms with van der Waals surface area (Å²) in [6.07, 6.45) is 0. The Morgan fingerprint density at radius 2 is 1.84 bits per heavy atom. The number of carbonyl (C=O) groups is 1. The molecule has 0 spiro atoms. The van der Waals surface area contributed by atoms with Crippen LogP contribution in [0, 0.1) is 6.92 Å². The van der Waals surface area contributed by atoms with Crippen LogP contribution in [-0.2, 0) is 4.79 Å². The van der Waals surface area contributed by atoms with E-state index in [1.54, 1.807) is 0 Å². The maximum atomic E-state index is 12.1. The second kappa shape index (κ2) is 5.99. The molecule has 1 atom stereocenters. The summed E-state index contributed by atoms with van der Waals surface area (Å²) in [5.41, 5.74) is 8.54. The zero-order chi connectivity index (χ0) is 13.8. The fraction of sp³-hybridized carbons (Fsp3) is 0.133. The largest absolute Gasteiger partial charge is 0.323 e. The molecule has 0 bridgehead atoms. The van der Waals surface area contributed by atoms with E-state index in [2.05, 4.69) is 21.2 Å². The van der Waals surface area contributed by atoms with Crippen LogP contribution in [0.1, 0.15) is 17.2 Å². The first-order chi connectivity index (χ1) is 9.09. The number of anilines is 1. The van der Waals surface area contributed by atoms with Gasteiger partial charge in [0.05, 0.1) is 5.69 Å². The van der Waals surface area contributed by atoms with Gasteiger partial charge in [0, 0.05) is 4.47 Å². The number of aryl methyl sites for hydroxylation is 1. The molecule has 2 rings (SSSR count). The van der Waals surface area contributed by atoms with Crippen molar-refractivity contribution in [3.63, 3.8) is 0 Å². The van der Waals surface area contributed by atoms with Crippen LogP contribution in [0.5, 0.6) is 0 Å². The van der Waals surface area contributed by atoms with Gasteiger partial charge in [0.2, 0.25) is 5.91 Å². The lowest BCUT2D eigenvalue weighted by Crippen LogP contribution is -2.27. The molecule has 1 amide bonds. The van der Waals surface area contributed by atoms with Gasteiger partial charge in [-0.1, -0.05) is 42.5 Å². The van der Waals surface area contributed by atoms with Gasteiger partial charge in [0.25, 0.3) is 0 Å². The van der Waals surface area contributed by atoms with Gasteiger partial charge in [-0.2, -0.15) is 0 Å². The molecule has 98 valence electrons. The molecule has 19 heavy (non-hydrogen) atoms. The second-order valence-electron chi connectivity index (χ2n) is 4.31. The van der Waals surface area contributed by atoms with Gasteiger partial charge in [0.1, 0.15) is 6.04 Å². The van der Waals surface area contributed by atoms with E-state index in [-0.39, 0.29) is 5.91 Å². The molecular weight excluding hydrogens is 304 g/mol. The third-order valence-corrected chi connectivity index (χ3v) is 3.94. The average Bonchev–Trinajstić information content (AvgIpc) is 2.44. The summed E-state index contributed by atoms with van der Waals surface area (Å²) in [6, 6.07) is 14.3. The van der Waals surface area contributed by atoms with E-state index in [9.17, 15) is 4.79 Å². The van der Waals surface area contributed by atoms with Crippen molar-refractivity contribution in [3.8, 4) is 0 Å². The van der Waals surface area contributed by atoms with Crippen LogP contribution in [0.3, 0.4) is 0 Å². The minimum atomic E-state index is -0.673. The number of benzene rings is 2. The quantitative estimate of drug-likeness (QED) is 0.911. The summed E-state index contributed by atoms with van der Waals surface area (Å²) in [5, 5.41) is 2.84. The van der Waals surface area contributed by atoms with E-state index in [1.807, 2.05) is 55.5 Å². The van der Waals surface area contributed by atoms with Crippen molar-refractivity contribution in [3.05, 3.63) is 64.1 Å². The predicted molar refractivity (Wildman–Crippen MR) is 80.9 cm³/mol. The Hall–Kier alpha value is -1.65. The Bertz CT molecular complexity index is 584. The number of carbonyl (C=O) groups excluding carboxylic acids is 1. The molecule has 0 saturated carbocycles. The molecule has 0 unspecified atom stereocenters.